The van der Waals surface area contributed by atoms with Crippen LogP contribution in [0.2, 0.25) is 0 Å². The van der Waals surface area contributed by atoms with Crippen LogP contribution in [0.1, 0.15) is 43.0 Å². The first kappa shape index (κ1) is 27.5. The van der Waals surface area contributed by atoms with Gasteiger partial charge in [-0.15, -0.1) is 0 Å². The highest BCUT2D eigenvalue weighted by molar-refractivity contribution is 6.09. The molecule has 0 saturated heterocycles. The quantitative estimate of drug-likeness (QED) is 0.328. The maximum atomic E-state index is 14.6. The van der Waals surface area contributed by atoms with Crippen LogP contribution in [0, 0.1) is 11.3 Å². The fraction of sp³-hybridized carbons (Fsp3) is 0.250. The minimum atomic E-state index is -1.75. The smallest absolute Gasteiger partial charge is 0.408 e. The predicted molar refractivity (Wildman–Crippen MR) is 153 cm³/mol. The van der Waals surface area contributed by atoms with Crippen molar-refractivity contribution in [3.8, 4) is 11.8 Å². The van der Waals surface area contributed by atoms with Gasteiger partial charge in [0.1, 0.15) is 28.6 Å². The zero-order chi connectivity index (χ0) is 29.4. The molecule has 0 fully saturated rings. The largest absolute Gasteiger partial charge is 0.497 e. The van der Waals surface area contributed by atoms with Gasteiger partial charge in [-0.05, 0) is 56.2 Å². The molecule has 9 heteroatoms. The van der Waals surface area contributed by atoms with Crippen molar-refractivity contribution in [2.45, 2.75) is 44.9 Å². The van der Waals surface area contributed by atoms with E-state index in [1.54, 1.807) is 68.1 Å². The molecular formula is C32H29N3O6. The molecule has 0 spiro atoms. The molecule has 2 amide bonds. The molecule has 0 aliphatic carbocycles. The van der Waals surface area contributed by atoms with Crippen molar-refractivity contribution in [3.63, 3.8) is 0 Å². The first-order valence-electron chi connectivity index (χ1n) is 13.1. The highest BCUT2D eigenvalue weighted by Crippen LogP contribution is 2.46. The third-order valence-corrected chi connectivity index (χ3v) is 6.94. The predicted octanol–water partition coefficient (Wildman–Crippen LogP) is 5.18. The van der Waals surface area contributed by atoms with E-state index in [1.807, 2.05) is 36.4 Å². The number of alkyl carbamates (subject to hydrolysis) is 1. The third kappa shape index (κ3) is 5.12. The highest BCUT2D eigenvalue weighted by Gasteiger charge is 2.53. The second-order valence-electron chi connectivity index (χ2n) is 10.8. The molecule has 5 rings (SSSR count). The van der Waals surface area contributed by atoms with Crippen molar-refractivity contribution in [1.29, 1.82) is 5.26 Å². The number of benzene rings is 3. The van der Waals surface area contributed by atoms with E-state index in [4.69, 9.17) is 13.9 Å². The summed E-state index contributed by atoms with van der Waals surface area (Å²) < 4.78 is 16.5. The Hall–Kier alpha value is -5.10. The van der Waals surface area contributed by atoms with E-state index in [-0.39, 0.29) is 29.7 Å². The molecule has 9 nitrogen and oxygen atoms in total. The number of rotatable bonds is 6. The van der Waals surface area contributed by atoms with Crippen LogP contribution in [-0.4, -0.2) is 24.7 Å². The van der Waals surface area contributed by atoms with Gasteiger partial charge >= 0.3 is 11.7 Å². The number of anilines is 1. The average Bonchev–Trinajstić information content (AvgIpc) is 3.14. The maximum absolute atomic E-state index is 14.6. The summed E-state index contributed by atoms with van der Waals surface area (Å²) in [7, 11) is 1.51. The number of para-hydroxylation sites is 1. The van der Waals surface area contributed by atoms with Crippen molar-refractivity contribution < 1.29 is 23.5 Å². The van der Waals surface area contributed by atoms with Crippen LogP contribution in [0.4, 0.5) is 10.5 Å². The van der Waals surface area contributed by atoms with Gasteiger partial charge in [-0.25, -0.2) is 9.59 Å². The minimum absolute atomic E-state index is 0.217. The number of amides is 2. The second kappa shape index (κ2) is 10.5. The maximum Gasteiger partial charge on any atom is 0.408 e. The number of hydrogen-bond acceptors (Lipinski definition) is 7. The first-order chi connectivity index (χ1) is 19.6. The average molecular weight is 552 g/mol. The Balaban J connectivity index is 1.76. The molecule has 0 radical (unpaired) electrons. The lowest BCUT2D eigenvalue weighted by atomic mass is 9.82. The molecule has 2 heterocycles. The molecule has 1 aromatic heterocycles. The Bertz CT molecular complexity index is 1750. The molecule has 3 aromatic carbocycles. The van der Waals surface area contributed by atoms with Gasteiger partial charge in [-0.2, -0.15) is 5.26 Å². The molecule has 41 heavy (non-hydrogen) atoms. The van der Waals surface area contributed by atoms with Crippen molar-refractivity contribution in [1.82, 2.24) is 5.32 Å². The van der Waals surface area contributed by atoms with Crippen LogP contribution in [0.15, 0.2) is 82.0 Å². The van der Waals surface area contributed by atoms with E-state index in [9.17, 15) is 19.6 Å². The van der Waals surface area contributed by atoms with Crippen molar-refractivity contribution in [2.75, 3.05) is 12.0 Å². The minimum Gasteiger partial charge on any atom is -0.497 e. The fourth-order valence-electron chi connectivity index (χ4n) is 5.19. The summed E-state index contributed by atoms with van der Waals surface area (Å²) in [6, 6.07) is 23.4. The number of hydrogen-bond donors (Lipinski definition) is 1. The normalized spacial score (nSPS) is 16.3. The summed E-state index contributed by atoms with van der Waals surface area (Å²) >= 11 is 0. The molecule has 4 aromatic rings. The molecular weight excluding hydrogens is 522 g/mol. The summed E-state index contributed by atoms with van der Waals surface area (Å²) in [5.74, 6) is 0.0168. The van der Waals surface area contributed by atoms with E-state index >= 15 is 0 Å². The molecule has 1 aliphatic heterocycles. The van der Waals surface area contributed by atoms with Crippen LogP contribution in [0.25, 0.3) is 11.0 Å². The zero-order valence-electron chi connectivity index (χ0n) is 23.2. The number of nitriles is 1. The van der Waals surface area contributed by atoms with Crippen LogP contribution < -0.4 is 20.6 Å². The van der Waals surface area contributed by atoms with E-state index in [0.29, 0.717) is 22.4 Å². The Morgan fingerprint density at radius 3 is 2.44 bits per heavy atom. The SMILES string of the molecule is COc1ccc2c(c1)[C@@](Cc1c(C#N)c(=O)oc3ccccc13)(NC(=O)OC(C)(C)C)C(=O)N2Cc1ccccc1. The third-order valence-electron chi connectivity index (χ3n) is 6.94. The standard InChI is InChI=1S/C32H29N3O6/c1-31(2,3)41-30(38)34-32(17-23-22-12-8-9-13-27(22)40-28(36)24(23)18-33)25-16-21(39-4)14-15-26(25)35(29(32)37)19-20-10-6-5-7-11-20/h5-16H,17,19H2,1-4H3,(H,34,38)/t32-/m1/s1. The summed E-state index contributed by atoms with van der Waals surface area (Å²) in [5, 5.41) is 13.3. The van der Waals surface area contributed by atoms with E-state index in [2.05, 4.69) is 5.32 Å². The molecule has 1 N–H and O–H groups in total. The van der Waals surface area contributed by atoms with E-state index in [0.717, 1.165) is 5.56 Å². The van der Waals surface area contributed by atoms with Gasteiger partial charge in [0.2, 0.25) is 0 Å². The van der Waals surface area contributed by atoms with Gasteiger partial charge in [0, 0.05) is 17.4 Å². The van der Waals surface area contributed by atoms with Crippen molar-refractivity contribution in [2.24, 2.45) is 0 Å². The molecule has 0 saturated carbocycles. The molecule has 0 unspecified atom stereocenters. The molecule has 1 aliphatic rings. The number of fused-ring (bicyclic) bond motifs is 2. The number of carbonyl (C=O) groups is 2. The Labute approximate surface area is 236 Å². The number of ether oxygens (including phenoxy) is 2. The summed E-state index contributed by atoms with van der Waals surface area (Å²) in [4.78, 5) is 42.5. The Kier molecular flexibility index (Phi) is 7.01. The molecule has 0 bridgehead atoms. The highest BCUT2D eigenvalue weighted by atomic mass is 16.6. The monoisotopic (exact) mass is 551 g/mol. The number of nitrogens with zero attached hydrogens (tertiary/aromatic N) is 2. The van der Waals surface area contributed by atoms with Crippen LogP contribution in [0.3, 0.4) is 0 Å². The lowest BCUT2D eigenvalue weighted by Gasteiger charge is -2.32. The van der Waals surface area contributed by atoms with Crippen molar-refractivity contribution >= 4 is 28.7 Å². The zero-order valence-corrected chi connectivity index (χ0v) is 23.2. The first-order valence-corrected chi connectivity index (χ1v) is 13.1. The Morgan fingerprint density at radius 1 is 1.05 bits per heavy atom. The molecule has 208 valence electrons. The van der Waals surface area contributed by atoms with E-state index in [1.165, 1.54) is 7.11 Å². The topological polar surface area (TPSA) is 122 Å². The van der Waals surface area contributed by atoms with Crippen LogP contribution in [-0.2, 0) is 28.0 Å². The number of carbonyl (C=O) groups excluding carboxylic acids is 2. The van der Waals surface area contributed by atoms with Gasteiger partial charge in [0.05, 0.1) is 19.3 Å². The summed E-state index contributed by atoms with van der Waals surface area (Å²) in [6.07, 6.45) is -1.04. The van der Waals surface area contributed by atoms with Gasteiger partial charge in [-0.1, -0.05) is 48.5 Å². The van der Waals surface area contributed by atoms with Gasteiger partial charge in [-0.3, -0.25) is 4.79 Å². The molecule has 1 atom stereocenters. The number of nitrogens with one attached hydrogen (secondary N) is 1. The van der Waals surface area contributed by atoms with Gasteiger partial charge in [0.15, 0.2) is 5.54 Å². The van der Waals surface area contributed by atoms with Crippen molar-refractivity contribution in [3.05, 3.63) is 105 Å². The number of methoxy groups -OCH3 is 1. The lowest BCUT2D eigenvalue weighted by molar-refractivity contribution is -0.124. The summed E-state index contributed by atoms with van der Waals surface area (Å²) in [6.45, 7) is 5.38. The van der Waals surface area contributed by atoms with Gasteiger partial charge < -0.3 is 24.1 Å². The van der Waals surface area contributed by atoms with Crippen LogP contribution in [0.5, 0.6) is 5.75 Å². The van der Waals surface area contributed by atoms with E-state index < -0.39 is 28.8 Å². The lowest BCUT2D eigenvalue weighted by Crippen LogP contribution is -2.55. The Morgan fingerprint density at radius 2 is 1.76 bits per heavy atom. The summed E-state index contributed by atoms with van der Waals surface area (Å²) in [5.41, 5.74) is -1.25. The fourth-order valence-corrected chi connectivity index (χ4v) is 5.19. The van der Waals surface area contributed by atoms with Crippen LogP contribution >= 0.6 is 0 Å². The second-order valence-corrected chi connectivity index (χ2v) is 10.8. The van der Waals surface area contributed by atoms with Gasteiger partial charge in [0.25, 0.3) is 5.91 Å².